The Morgan fingerprint density at radius 2 is 1.93 bits per heavy atom. The van der Waals surface area contributed by atoms with E-state index in [4.69, 9.17) is 4.74 Å². The number of thiophene rings is 1. The van der Waals surface area contributed by atoms with E-state index in [1.54, 1.807) is 6.07 Å². The summed E-state index contributed by atoms with van der Waals surface area (Å²) in [6.45, 7) is 4.50. The Kier molecular flexibility index (Phi) is 8.02. The second-order valence-corrected chi connectivity index (χ2v) is 7.60. The Hall–Kier alpha value is -2.22. The highest BCUT2D eigenvalue weighted by atomic mass is 32.1. The molecule has 0 saturated carbocycles. The molecule has 0 spiro atoms. The molecule has 0 bridgehead atoms. The molecule has 7 heteroatoms. The average molecular weight is 402 g/mol. The number of carbonyl (C=O) groups is 2. The van der Waals surface area contributed by atoms with E-state index in [2.05, 4.69) is 15.5 Å². The van der Waals surface area contributed by atoms with Gasteiger partial charge in [0.2, 0.25) is 5.91 Å². The molecule has 1 fully saturated rings. The lowest BCUT2D eigenvalue weighted by Gasteiger charge is -2.31. The van der Waals surface area contributed by atoms with Crippen molar-refractivity contribution in [3.63, 3.8) is 0 Å². The van der Waals surface area contributed by atoms with Crippen molar-refractivity contribution in [3.8, 4) is 0 Å². The first-order valence-corrected chi connectivity index (χ1v) is 10.6. The maximum Gasteiger partial charge on any atom is 0.252 e. The third-order valence-corrected chi connectivity index (χ3v) is 5.41. The second kappa shape index (κ2) is 10.9. The van der Waals surface area contributed by atoms with E-state index in [0.29, 0.717) is 24.9 Å². The zero-order valence-corrected chi connectivity index (χ0v) is 16.7. The minimum absolute atomic E-state index is 0.00638. The van der Waals surface area contributed by atoms with E-state index < -0.39 is 0 Å². The van der Waals surface area contributed by atoms with Gasteiger partial charge in [0.25, 0.3) is 5.91 Å². The fourth-order valence-corrected chi connectivity index (χ4v) is 3.81. The lowest BCUT2D eigenvalue weighted by Crippen LogP contribution is -2.43. The van der Waals surface area contributed by atoms with Crippen molar-refractivity contribution >= 4 is 23.2 Å². The molecule has 2 heterocycles. The fraction of sp³-hybridized carbons (Fsp3) is 0.429. The first-order valence-electron chi connectivity index (χ1n) is 9.67. The summed E-state index contributed by atoms with van der Waals surface area (Å²) in [5.41, 5.74) is 1.78. The zero-order valence-electron chi connectivity index (χ0n) is 15.9. The van der Waals surface area contributed by atoms with Crippen LogP contribution in [0.3, 0.4) is 0 Å². The van der Waals surface area contributed by atoms with Crippen LogP contribution in [0.5, 0.6) is 0 Å². The van der Waals surface area contributed by atoms with Gasteiger partial charge in [0.15, 0.2) is 0 Å². The van der Waals surface area contributed by atoms with Gasteiger partial charge in [0.1, 0.15) is 0 Å². The number of benzene rings is 1. The Morgan fingerprint density at radius 1 is 1.14 bits per heavy atom. The zero-order chi connectivity index (χ0) is 19.6. The summed E-state index contributed by atoms with van der Waals surface area (Å²) < 4.78 is 5.42. The Labute approximate surface area is 169 Å². The van der Waals surface area contributed by atoms with Crippen LogP contribution in [0.25, 0.3) is 0 Å². The third-order valence-electron chi connectivity index (χ3n) is 4.73. The number of amides is 2. The molecule has 1 aromatic heterocycles. The summed E-state index contributed by atoms with van der Waals surface area (Å²) in [6.07, 6.45) is 0.997. The Balaban J connectivity index is 1.46. The molecule has 0 radical (unpaired) electrons. The van der Waals surface area contributed by atoms with Gasteiger partial charge in [-0.15, -0.1) is 0 Å². The summed E-state index contributed by atoms with van der Waals surface area (Å²) in [5, 5.41) is 9.71. The standard InChI is InChI=1S/C21H27N3O3S/c25-20(7-4-9-22-21(26)18-8-14-28-16-18)23-19(17-5-2-1-3-6-17)15-24-10-12-27-13-11-24/h1-3,5-6,8,14,16,19H,4,7,9-13,15H2,(H,22,26)(H,23,25). The third kappa shape index (κ3) is 6.44. The molecule has 6 nitrogen and oxygen atoms in total. The number of nitrogens with one attached hydrogen (secondary N) is 2. The Bertz CT molecular complexity index is 731. The maximum absolute atomic E-state index is 12.5. The van der Waals surface area contributed by atoms with Gasteiger partial charge in [0.05, 0.1) is 19.3 Å². The molecule has 2 amide bonds. The van der Waals surface area contributed by atoms with Gasteiger partial charge in [-0.3, -0.25) is 14.5 Å². The summed E-state index contributed by atoms with van der Waals surface area (Å²) >= 11 is 1.49. The first-order chi connectivity index (χ1) is 13.7. The molecule has 2 N–H and O–H groups in total. The molecule has 1 aliphatic heterocycles. The molecule has 1 unspecified atom stereocenters. The van der Waals surface area contributed by atoms with Crippen LogP contribution in [0.2, 0.25) is 0 Å². The fourth-order valence-electron chi connectivity index (χ4n) is 3.17. The normalized spacial score (nSPS) is 15.7. The van der Waals surface area contributed by atoms with Gasteiger partial charge in [-0.2, -0.15) is 11.3 Å². The summed E-state index contributed by atoms with van der Waals surface area (Å²) in [4.78, 5) is 26.7. The van der Waals surface area contributed by atoms with E-state index in [1.165, 1.54) is 11.3 Å². The van der Waals surface area contributed by atoms with E-state index in [1.807, 2.05) is 41.1 Å². The topological polar surface area (TPSA) is 70.7 Å². The molecule has 1 aromatic carbocycles. The Morgan fingerprint density at radius 3 is 2.64 bits per heavy atom. The molecule has 1 aliphatic rings. The number of nitrogens with zero attached hydrogens (tertiary/aromatic N) is 1. The van der Waals surface area contributed by atoms with Crippen LogP contribution in [-0.2, 0) is 9.53 Å². The number of hydrogen-bond acceptors (Lipinski definition) is 5. The average Bonchev–Trinajstić information content (AvgIpc) is 3.27. The van der Waals surface area contributed by atoms with E-state index >= 15 is 0 Å². The summed E-state index contributed by atoms with van der Waals surface area (Å²) in [5.74, 6) is -0.0805. The van der Waals surface area contributed by atoms with Gasteiger partial charge in [-0.1, -0.05) is 30.3 Å². The van der Waals surface area contributed by atoms with Crippen molar-refractivity contribution in [1.82, 2.24) is 15.5 Å². The van der Waals surface area contributed by atoms with Crippen molar-refractivity contribution in [1.29, 1.82) is 0 Å². The molecule has 1 saturated heterocycles. The van der Waals surface area contributed by atoms with Crippen molar-refractivity contribution in [2.45, 2.75) is 18.9 Å². The van der Waals surface area contributed by atoms with E-state index in [-0.39, 0.29) is 17.9 Å². The predicted molar refractivity (Wildman–Crippen MR) is 110 cm³/mol. The van der Waals surface area contributed by atoms with Crippen LogP contribution >= 0.6 is 11.3 Å². The van der Waals surface area contributed by atoms with Crippen LogP contribution < -0.4 is 10.6 Å². The van der Waals surface area contributed by atoms with Crippen LogP contribution in [0, 0.1) is 0 Å². The highest BCUT2D eigenvalue weighted by Gasteiger charge is 2.20. The molecule has 150 valence electrons. The van der Waals surface area contributed by atoms with Crippen LogP contribution in [-0.4, -0.2) is 56.1 Å². The number of morpholine rings is 1. The number of ether oxygens (including phenoxy) is 1. The molecule has 2 aromatic rings. The maximum atomic E-state index is 12.5. The van der Waals surface area contributed by atoms with Crippen molar-refractivity contribution in [2.24, 2.45) is 0 Å². The van der Waals surface area contributed by atoms with Crippen molar-refractivity contribution in [2.75, 3.05) is 39.4 Å². The monoisotopic (exact) mass is 401 g/mol. The SMILES string of the molecule is O=C(CCCNC(=O)c1ccsc1)NC(CN1CCOCC1)c1ccccc1. The smallest absolute Gasteiger partial charge is 0.252 e. The first kappa shape index (κ1) is 20.5. The number of carbonyl (C=O) groups excluding carboxylic acids is 2. The number of rotatable bonds is 9. The van der Waals surface area contributed by atoms with Crippen LogP contribution in [0.1, 0.15) is 34.8 Å². The lowest BCUT2D eigenvalue weighted by atomic mass is 10.1. The van der Waals surface area contributed by atoms with Crippen molar-refractivity contribution in [3.05, 3.63) is 58.3 Å². The van der Waals surface area contributed by atoms with Crippen LogP contribution in [0.15, 0.2) is 47.2 Å². The minimum Gasteiger partial charge on any atom is -0.379 e. The van der Waals surface area contributed by atoms with Gasteiger partial charge in [-0.05, 0) is 23.4 Å². The van der Waals surface area contributed by atoms with E-state index in [0.717, 1.165) is 38.4 Å². The molecular weight excluding hydrogens is 374 g/mol. The molecule has 3 rings (SSSR count). The minimum atomic E-state index is -0.0869. The van der Waals surface area contributed by atoms with Crippen molar-refractivity contribution < 1.29 is 14.3 Å². The van der Waals surface area contributed by atoms with Crippen LogP contribution in [0.4, 0.5) is 0 Å². The lowest BCUT2D eigenvalue weighted by molar-refractivity contribution is -0.122. The van der Waals surface area contributed by atoms with Gasteiger partial charge in [0, 0.05) is 43.5 Å². The predicted octanol–water partition coefficient (Wildman–Crippen LogP) is 2.45. The van der Waals surface area contributed by atoms with E-state index in [9.17, 15) is 9.59 Å². The molecule has 1 atom stereocenters. The highest BCUT2D eigenvalue weighted by molar-refractivity contribution is 7.08. The van der Waals surface area contributed by atoms with Gasteiger partial charge in [-0.25, -0.2) is 0 Å². The summed E-state index contributed by atoms with van der Waals surface area (Å²) in [6, 6.07) is 11.8. The highest BCUT2D eigenvalue weighted by Crippen LogP contribution is 2.15. The largest absolute Gasteiger partial charge is 0.379 e. The molecule has 0 aliphatic carbocycles. The second-order valence-electron chi connectivity index (χ2n) is 6.82. The molecular formula is C21H27N3O3S. The summed E-state index contributed by atoms with van der Waals surface area (Å²) in [7, 11) is 0. The van der Waals surface area contributed by atoms with Gasteiger partial charge < -0.3 is 15.4 Å². The molecule has 28 heavy (non-hydrogen) atoms. The van der Waals surface area contributed by atoms with Gasteiger partial charge >= 0.3 is 0 Å². The quantitative estimate of drug-likeness (QED) is 0.633. The number of hydrogen-bond donors (Lipinski definition) is 2.